The summed E-state index contributed by atoms with van der Waals surface area (Å²) in [6, 6.07) is -0.276. The zero-order valence-corrected chi connectivity index (χ0v) is 12.1. The molecular formula is C13H24F3N3O. The number of hydrogen-bond acceptors (Lipinski definition) is 3. The smallest absolute Gasteiger partial charge is 0.368 e. The summed E-state index contributed by atoms with van der Waals surface area (Å²) in [5.41, 5.74) is 4.63. The van der Waals surface area contributed by atoms with Gasteiger partial charge in [-0.05, 0) is 45.7 Å². The van der Waals surface area contributed by atoms with E-state index in [-0.39, 0.29) is 6.04 Å². The van der Waals surface area contributed by atoms with E-state index in [1.807, 2.05) is 6.92 Å². The molecular weight excluding hydrogens is 271 g/mol. The largest absolute Gasteiger partial charge is 0.401 e. The Morgan fingerprint density at radius 1 is 1.50 bits per heavy atom. The Hall–Kier alpha value is -0.820. The summed E-state index contributed by atoms with van der Waals surface area (Å²) in [5, 5.41) is 3.15. The van der Waals surface area contributed by atoms with Crippen molar-refractivity contribution in [1.82, 2.24) is 10.2 Å². The quantitative estimate of drug-likeness (QED) is 0.783. The van der Waals surface area contributed by atoms with Crippen LogP contribution in [0, 0.1) is 0 Å². The lowest BCUT2D eigenvalue weighted by Crippen LogP contribution is -2.61. The van der Waals surface area contributed by atoms with Crippen molar-refractivity contribution in [3.8, 4) is 0 Å². The zero-order chi connectivity index (χ0) is 15.4. The van der Waals surface area contributed by atoms with Crippen LogP contribution in [0.5, 0.6) is 0 Å². The van der Waals surface area contributed by atoms with E-state index in [9.17, 15) is 18.0 Å². The average molecular weight is 295 g/mol. The first-order valence-electron chi connectivity index (χ1n) is 7.02. The number of amides is 1. The summed E-state index contributed by atoms with van der Waals surface area (Å²) in [4.78, 5) is 13.0. The van der Waals surface area contributed by atoms with Crippen LogP contribution in [0.25, 0.3) is 0 Å². The number of alkyl halides is 3. The molecule has 0 radical (unpaired) electrons. The Balaban J connectivity index is 2.74. The van der Waals surface area contributed by atoms with Crippen LogP contribution < -0.4 is 11.1 Å². The van der Waals surface area contributed by atoms with E-state index < -0.39 is 24.2 Å². The normalized spacial score (nSPS) is 27.8. The van der Waals surface area contributed by atoms with Gasteiger partial charge in [-0.15, -0.1) is 0 Å². The number of nitrogens with two attached hydrogens (primary N) is 1. The molecule has 0 saturated heterocycles. The topological polar surface area (TPSA) is 58.4 Å². The van der Waals surface area contributed by atoms with Crippen LogP contribution in [0.2, 0.25) is 0 Å². The molecule has 0 aromatic carbocycles. The highest BCUT2D eigenvalue weighted by Crippen LogP contribution is 2.32. The summed E-state index contributed by atoms with van der Waals surface area (Å²) in [5.74, 6) is -0.462. The molecule has 1 amide bonds. The fourth-order valence-corrected chi connectivity index (χ4v) is 2.87. The molecule has 1 aliphatic rings. The Morgan fingerprint density at radius 2 is 2.15 bits per heavy atom. The molecule has 1 rings (SSSR count). The summed E-state index contributed by atoms with van der Waals surface area (Å²) in [6.45, 7) is 1.65. The molecule has 0 bridgehead atoms. The molecule has 2 unspecified atom stereocenters. The van der Waals surface area contributed by atoms with Crippen LogP contribution in [0.15, 0.2) is 0 Å². The van der Waals surface area contributed by atoms with Gasteiger partial charge in [0.05, 0.1) is 12.1 Å². The number of halogens is 3. The number of nitrogens with zero attached hydrogens (tertiary/aromatic N) is 1. The third-order valence-electron chi connectivity index (χ3n) is 3.96. The maximum Gasteiger partial charge on any atom is 0.401 e. The number of nitrogens with one attached hydrogen (secondary N) is 1. The van der Waals surface area contributed by atoms with E-state index in [4.69, 9.17) is 5.73 Å². The van der Waals surface area contributed by atoms with Gasteiger partial charge < -0.3 is 11.1 Å². The van der Waals surface area contributed by atoms with Crippen molar-refractivity contribution in [1.29, 1.82) is 0 Å². The second-order valence-electron chi connectivity index (χ2n) is 5.65. The molecule has 118 valence electrons. The van der Waals surface area contributed by atoms with Crippen LogP contribution in [-0.2, 0) is 4.79 Å². The minimum absolute atomic E-state index is 0.276. The summed E-state index contributed by atoms with van der Waals surface area (Å²) >= 11 is 0. The summed E-state index contributed by atoms with van der Waals surface area (Å²) < 4.78 is 37.4. The Bertz CT molecular complexity index is 335. The van der Waals surface area contributed by atoms with Crippen molar-refractivity contribution in [2.45, 2.75) is 56.8 Å². The summed E-state index contributed by atoms with van der Waals surface area (Å²) in [7, 11) is 1.45. The van der Waals surface area contributed by atoms with E-state index in [2.05, 4.69) is 5.32 Å². The molecule has 1 saturated carbocycles. The van der Waals surface area contributed by atoms with E-state index in [1.165, 1.54) is 11.9 Å². The fraction of sp³-hybridized carbons (Fsp3) is 0.923. The minimum Gasteiger partial charge on any atom is -0.368 e. The molecule has 1 fully saturated rings. The predicted molar refractivity (Wildman–Crippen MR) is 71.2 cm³/mol. The Morgan fingerprint density at radius 3 is 2.65 bits per heavy atom. The molecule has 7 heteroatoms. The first kappa shape index (κ1) is 17.2. The molecule has 0 heterocycles. The van der Waals surface area contributed by atoms with Crippen LogP contribution >= 0.6 is 0 Å². The van der Waals surface area contributed by atoms with Crippen molar-refractivity contribution < 1.29 is 18.0 Å². The zero-order valence-electron chi connectivity index (χ0n) is 12.1. The van der Waals surface area contributed by atoms with Gasteiger partial charge in [0.2, 0.25) is 5.91 Å². The fourth-order valence-electron chi connectivity index (χ4n) is 2.87. The van der Waals surface area contributed by atoms with Crippen molar-refractivity contribution in [2.24, 2.45) is 5.73 Å². The molecule has 3 N–H and O–H groups in total. The second-order valence-corrected chi connectivity index (χ2v) is 5.65. The van der Waals surface area contributed by atoms with Gasteiger partial charge in [-0.25, -0.2) is 0 Å². The van der Waals surface area contributed by atoms with Crippen LogP contribution in [-0.4, -0.2) is 48.7 Å². The number of carbonyl (C=O) groups excluding carboxylic acids is 1. The first-order valence-corrected chi connectivity index (χ1v) is 7.02. The third kappa shape index (κ3) is 4.63. The maximum atomic E-state index is 12.5. The van der Waals surface area contributed by atoms with E-state index in [0.29, 0.717) is 32.2 Å². The van der Waals surface area contributed by atoms with Crippen LogP contribution in [0.1, 0.15) is 39.0 Å². The van der Waals surface area contributed by atoms with Gasteiger partial charge >= 0.3 is 6.18 Å². The number of carbonyl (C=O) groups is 1. The van der Waals surface area contributed by atoms with E-state index in [0.717, 1.165) is 6.42 Å². The van der Waals surface area contributed by atoms with Gasteiger partial charge in [0.25, 0.3) is 0 Å². The minimum atomic E-state index is -4.22. The van der Waals surface area contributed by atoms with Gasteiger partial charge in [-0.2, -0.15) is 13.2 Å². The van der Waals surface area contributed by atoms with Crippen LogP contribution in [0.4, 0.5) is 13.2 Å². The lowest BCUT2D eigenvalue weighted by molar-refractivity contribution is -0.150. The highest BCUT2D eigenvalue weighted by molar-refractivity contribution is 5.84. The Labute approximate surface area is 117 Å². The molecule has 2 atom stereocenters. The van der Waals surface area contributed by atoms with Crippen molar-refractivity contribution >= 4 is 5.91 Å². The lowest BCUT2D eigenvalue weighted by atomic mass is 9.77. The molecule has 0 aliphatic heterocycles. The van der Waals surface area contributed by atoms with Crippen molar-refractivity contribution in [2.75, 3.05) is 20.1 Å². The SMILES string of the molecule is CCCNC1(C(N)=O)CCCC(N(C)CC(F)(F)F)C1. The number of primary amides is 1. The highest BCUT2D eigenvalue weighted by atomic mass is 19.4. The highest BCUT2D eigenvalue weighted by Gasteiger charge is 2.43. The molecule has 0 spiro atoms. The monoisotopic (exact) mass is 295 g/mol. The van der Waals surface area contributed by atoms with Crippen LogP contribution in [0.3, 0.4) is 0 Å². The van der Waals surface area contributed by atoms with Crippen molar-refractivity contribution in [3.63, 3.8) is 0 Å². The van der Waals surface area contributed by atoms with Gasteiger partial charge in [0.1, 0.15) is 0 Å². The van der Waals surface area contributed by atoms with Gasteiger partial charge in [-0.3, -0.25) is 9.69 Å². The predicted octanol–water partition coefficient (Wildman–Crippen LogP) is 1.65. The molecule has 0 aromatic rings. The van der Waals surface area contributed by atoms with Gasteiger partial charge in [0, 0.05) is 6.04 Å². The van der Waals surface area contributed by atoms with Gasteiger partial charge in [-0.1, -0.05) is 6.92 Å². The Kier molecular flexibility index (Phi) is 5.82. The van der Waals surface area contributed by atoms with Gasteiger partial charge in [0.15, 0.2) is 0 Å². The number of hydrogen-bond donors (Lipinski definition) is 2. The first-order chi connectivity index (χ1) is 9.20. The third-order valence-corrected chi connectivity index (χ3v) is 3.96. The second kappa shape index (κ2) is 6.76. The summed E-state index contributed by atoms with van der Waals surface area (Å²) in [6.07, 6.45) is -1.08. The standard InChI is InChI=1S/C13H24F3N3O/c1-3-7-18-12(11(17)20)6-4-5-10(8-12)19(2)9-13(14,15)16/h10,18H,3-9H2,1-2H3,(H2,17,20). The number of rotatable bonds is 6. The van der Waals surface area contributed by atoms with E-state index in [1.54, 1.807) is 0 Å². The molecule has 4 nitrogen and oxygen atoms in total. The van der Waals surface area contributed by atoms with E-state index >= 15 is 0 Å². The molecule has 0 aromatic heterocycles. The average Bonchev–Trinajstić information content (AvgIpc) is 2.34. The lowest BCUT2D eigenvalue weighted by Gasteiger charge is -2.42. The molecule has 1 aliphatic carbocycles. The molecule has 20 heavy (non-hydrogen) atoms. The maximum absolute atomic E-state index is 12.5. The van der Waals surface area contributed by atoms with Crippen molar-refractivity contribution in [3.05, 3.63) is 0 Å².